The van der Waals surface area contributed by atoms with E-state index in [1.165, 1.54) is 18.2 Å². The zero-order chi connectivity index (χ0) is 20.0. The highest BCUT2D eigenvalue weighted by Gasteiger charge is 2.31. The van der Waals surface area contributed by atoms with Crippen LogP contribution in [0.25, 0.3) is 16.6 Å². The number of fused-ring (bicyclic) bond motifs is 1. The molecule has 0 atom stereocenters. The van der Waals surface area contributed by atoms with E-state index < -0.39 is 6.36 Å². The van der Waals surface area contributed by atoms with Gasteiger partial charge in [0.05, 0.1) is 17.6 Å². The Balaban J connectivity index is 1.85. The topological polar surface area (TPSA) is 56.4 Å². The van der Waals surface area contributed by atoms with Crippen LogP contribution < -0.4 is 4.74 Å². The minimum atomic E-state index is -4.73. The van der Waals surface area contributed by atoms with Gasteiger partial charge in [0.1, 0.15) is 23.9 Å². The van der Waals surface area contributed by atoms with Crippen LogP contribution in [0.2, 0.25) is 0 Å². The summed E-state index contributed by atoms with van der Waals surface area (Å²) >= 11 is 0. The van der Waals surface area contributed by atoms with Crippen LogP contribution in [0.1, 0.15) is 25.1 Å². The number of aromatic amines is 1. The highest BCUT2D eigenvalue weighted by atomic mass is 19.4. The Labute approximate surface area is 160 Å². The summed E-state index contributed by atoms with van der Waals surface area (Å²) in [6.07, 6.45) is 5.60. The Morgan fingerprint density at radius 2 is 2.04 bits per heavy atom. The maximum atomic E-state index is 12.4. The van der Waals surface area contributed by atoms with E-state index in [4.69, 9.17) is 9.47 Å². The van der Waals surface area contributed by atoms with Crippen LogP contribution in [0.4, 0.5) is 13.2 Å². The van der Waals surface area contributed by atoms with E-state index in [9.17, 15) is 13.2 Å². The molecule has 0 saturated heterocycles. The van der Waals surface area contributed by atoms with Gasteiger partial charge in [-0.1, -0.05) is 12.2 Å². The molecular formula is C20H21F3N2O3. The highest BCUT2D eigenvalue weighted by molar-refractivity contribution is 5.80. The van der Waals surface area contributed by atoms with Gasteiger partial charge < -0.3 is 19.2 Å². The smallest absolute Gasteiger partial charge is 0.491 e. The Morgan fingerprint density at radius 3 is 2.82 bits per heavy atom. The lowest BCUT2D eigenvalue weighted by Crippen LogP contribution is -2.16. The van der Waals surface area contributed by atoms with Gasteiger partial charge in [-0.25, -0.2) is 4.98 Å². The first-order chi connectivity index (χ1) is 13.4. The summed E-state index contributed by atoms with van der Waals surface area (Å²) in [6, 6.07) is 4.05. The van der Waals surface area contributed by atoms with Gasteiger partial charge in [-0.3, -0.25) is 0 Å². The first-order valence-electron chi connectivity index (χ1n) is 8.89. The molecule has 0 amide bonds. The standard InChI is InChI=1S/C20H21F3N2O3/c1-26-11-12-27-15-6-4-2-3-5-14(7-8-15)19-24-17-10-9-16(13-18(17)25-19)28-20(21,22)23/h4,6-10,13H,2-3,5,11-12H2,1H3,(H,24,25)/b6-4-,14-7+,15-8+. The van der Waals surface area contributed by atoms with E-state index in [1.54, 1.807) is 7.11 Å². The number of hydrogen-bond acceptors (Lipinski definition) is 4. The van der Waals surface area contributed by atoms with E-state index in [0.29, 0.717) is 35.8 Å². The van der Waals surface area contributed by atoms with Crippen molar-refractivity contribution < 1.29 is 27.4 Å². The lowest BCUT2D eigenvalue weighted by atomic mass is 10.1. The molecule has 5 nitrogen and oxygen atoms in total. The number of imidazole rings is 1. The van der Waals surface area contributed by atoms with Crippen molar-refractivity contribution in [3.05, 3.63) is 54.1 Å². The predicted octanol–water partition coefficient (Wildman–Crippen LogP) is 5.13. The fourth-order valence-corrected chi connectivity index (χ4v) is 2.81. The maximum absolute atomic E-state index is 12.4. The van der Waals surface area contributed by atoms with Crippen LogP contribution in [0.3, 0.4) is 0 Å². The van der Waals surface area contributed by atoms with Gasteiger partial charge in [-0.05, 0) is 49.1 Å². The fourth-order valence-electron chi connectivity index (χ4n) is 2.81. The number of ether oxygens (including phenoxy) is 3. The molecule has 8 heteroatoms. The molecule has 0 saturated carbocycles. The zero-order valence-electron chi connectivity index (χ0n) is 15.4. The lowest BCUT2D eigenvalue weighted by molar-refractivity contribution is -0.274. The molecule has 1 aliphatic rings. The Morgan fingerprint density at radius 1 is 1.18 bits per heavy atom. The summed E-state index contributed by atoms with van der Waals surface area (Å²) in [5.41, 5.74) is 2.01. The van der Waals surface area contributed by atoms with Crippen molar-refractivity contribution in [1.82, 2.24) is 9.97 Å². The molecule has 1 N–H and O–H groups in total. The summed E-state index contributed by atoms with van der Waals surface area (Å²) in [4.78, 5) is 7.60. The van der Waals surface area contributed by atoms with Gasteiger partial charge in [-0.15, -0.1) is 13.2 Å². The summed E-state index contributed by atoms with van der Waals surface area (Å²) < 4.78 is 51.9. The molecule has 2 aromatic rings. The van der Waals surface area contributed by atoms with Crippen LogP contribution >= 0.6 is 0 Å². The predicted molar refractivity (Wildman–Crippen MR) is 99.7 cm³/mol. The molecule has 3 rings (SSSR count). The molecule has 1 aromatic carbocycles. The number of halogens is 3. The second kappa shape index (κ2) is 8.97. The third-order valence-corrected chi connectivity index (χ3v) is 4.10. The van der Waals surface area contributed by atoms with E-state index >= 15 is 0 Å². The maximum Gasteiger partial charge on any atom is 0.573 e. The number of H-pyrrole nitrogens is 1. The van der Waals surface area contributed by atoms with Gasteiger partial charge in [0, 0.05) is 13.2 Å². The highest BCUT2D eigenvalue weighted by Crippen LogP contribution is 2.28. The molecule has 0 fully saturated rings. The van der Waals surface area contributed by atoms with Crippen molar-refractivity contribution in [2.45, 2.75) is 25.6 Å². The van der Waals surface area contributed by atoms with Crippen molar-refractivity contribution in [2.24, 2.45) is 0 Å². The number of nitrogens with one attached hydrogen (secondary N) is 1. The molecule has 150 valence electrons. The van der Waals surface area contributed by atoms with Crippen LogP contribution in [-0.4, -0.2) is 36.7 Å². The number of aromatic nitrogens is 2. The first-order valence-corrected chi connectivity index (χ1v) is 8.89. The second-order valence-electron chi connectivity index (χ2n) is 6.21. The number of nitrogens with zero attached hydrogens (tertiary/aromatic N) is 1. The summed E-state index contributed by atoms with van der Waals surface area (Å²) in [7, 11) is 1.61. The van der Waals surface area contributed by atoms with Gasteiger partial charge in [0.25, 0.3) is 0 Å². The summed E-state index contributed by atoms with van der Waals surface area (Å²) in [5.74, 6) is 1.05. The van der Waals surface area contributed by atoms with E-state index in [1.807, 2.05) is 18.2 Å². The molecule has 1 heterocycles. The number of rotatable bonds is 6. The van der Waals surface area contributed by atoms with Crippen molar-refractivity contribution in [3.63, 3.8) is 0 Å². The molecule has 1 aromatic heterocycles. The molecule has 0 unspecified atom stereocenters. The minimum absolute atomic E-state index is 0.281. The molecule has 0 bridgehead atoms. The summed E-state index contributed by atoms with van der Waals surface area (Å²) in [5, 5.41) is 0. The van der Waals surface area contributed by atoms with E-state index in [2.05, 4.69) is 20.8 Å². The number of methoxy groups -OCH3 is 1. The summed E-state index contributed by atoms with van der Waals surface area (Å²) in [6.45, 7) is 0.941. The third kappa shape index (κ3) is 5.63. The third-order valence-electron chi connectivity index (χ3n) is 4.10. The average molecular weight is 394 g/mol. The monoisotopic (exact) mass is 394 g/mol. The minimum Gasteiger partial charge on any atom is -0.491 e. The number of benzene rings is 1. The van der Waals surface area contributed by atoms with E-state index in [-0.39, 0.29) is 5.75 Å². The normalized spacial score (nSPS) is 20.3. The van der Waals surface area contributed by atoms with Crippen molar-refractivity contribution >= 4 is 16.6 Å². The van der Waals surface area contributed by atoms with Gasteiger partial charge in [0.2, 0.25) is 0 Å². The van der Waals surface area contributed by atoms with Gasteiger partial charge in [0.15, 0.2) is 0 Å². The number of allylic oxidation sites excluding steroid dienone is 5. The Kier molecular flexibility index (Phi) is 6.41. The van der Waals surface area contributed by atoms with Crippen LogP contribution in [0.15, 0.2) is 48.3 Å². The molecule has 0 aliphatic heterocycles. The average Bonchev–Trinajstić information content (AvgIpc) is 3.08. The zero-order valence-corrected chi connectivity index (χ0v) is 15.4. The van der Waals surface area contributed by atoms with Gasteiger partial charge >= 0.3 is 6.36 Å². The molecular weight excluding hydrogens is 373 g/mol. The second-order valence-corrected chi connectivity index (χ2v) is 6.21. The largest absolute Gasteiger partial charge is 0.573 e. The van der Waals surface area contributed by atoms with Gasteiger partial charge in [-0.2, -0.15) is 0 Å². The van der Waals surface area contributed by atoms with Crippen LogP contribution in [0.5, 0.6) is 5.75 Å². The lowest BCUT2D eigenvalue weighted by Gasteiger charge is -2.07. The molecule has 0 radical (unpaired) electrons. The van der Waals surface area contributed by atoms with Crippen LogP contribution in [-0.2, 0) is 9.47 Å². The fraction of sp³-hybridized carbons (Fsp3) is 0.350. The molecule has 0 spiro atoms. The Bertz CT molecular complexity index is 898. The number of hydrogen-bond donors (Lipinski definition) is 1. The van der Waals surface area contributed by atoms with Crippen molar-refractivity contribution in [3.8, 4) is 5.75 Å². The quantitative estimate of drug-likeness (QED) is 0.690. The molecule has 1 aliphatic carbocycles. The first kappa shape index (κ1) is 20.0. The van der Waals surface area contributed by atoms with Crippen molar-refractivity contribution in [2.75, 3.05) is 20.3 Å². The molecule has 28 heavy (non-hydrogen) atoms. The Hall–Kier alpha value is -2.74. The SMILES string of the molecule is COCCOC1=C/C=C(/c2nc3ccc(OC(F)(F)F)cc3[nH]2)CCC/C=C\1. The van der Waals surface area contributed by atoms with Crippen molar-refractivity contribution in [1.29, 1.82) is 0 Å². The number of alkyl halides is 3. The van der Waals surface area contributed by atoms with E-state index in [0.717, 1.165) is 24.8 Å². The van der Waals surface area contributed by atoms with Crippen LogP contribution in [0, 0.1) is 0 Å².